The fourth-order valence-corrected chi connectivity index (χ4v) is 4.94. The monoisotopic (exact) mass is 385 g/mol. The molecule has 1 saturated heterocycles. The van der Waals surface area contributed by atoms with Gasteiger partial charge >= 0.3 is 0 Å². The van der Waals surface area contributed by atoms with E-state index in [-0.39, 0.29) is 4.90 Å². The molecule has 138 valence electrons. The molecule has 8 nitrogen and oxygen atoms in total. The average Bonchev–Trinajstić information content (AvgIpc) is 2.87. The Morgan fingerprint density at radius 2 is 1.92 bits per heavy atom. The minimum absolute atomic E-state index is 0.208. The van der Waals surface area contributed by atoms with Crippen molar-refractivity contribution in [3.63, 3.8) is 0 Å². The van der Waals surface area contributed by atoms with Crippen LogP contribution in [0.2, 0.25) is 0 Å². The van der Waals surface area contributed by atoms with Crippen molar-refractivity contribution in [3.8, 4) is 0 Å². The minimum Gasteiger partial charge on any atom is -0.300 e. The number of hydrogen-bond donors (Lipinski definition) is 0. The Labute approximate surface area is 150 Å². The molecule has 0 radical (unpaired) electrons. The maximum atomic E-state index is 12.9. The molecule has 0 aromatic carbocycles. The van der Waals surface area contributed by atoms with Gasteiger partial charge < -0.3 is 0 Å². The van der Waals surface area contributed by atoms with Crippen molar-refractivity contribution < 1.29 is 12.6 Å². The van der Waals surface area contributed by atoms with Crippen LogP contribution in [0.15, 0.2) is 17.2 Å². The van der Waals surface area contributed by atoms with E-state index in [1.165, 1.54) is 10.5 Å². The zero-order valence-corrected chi connectivity index (χ0v) is 16.3. The van der Waals surface area contributed by atoms with E-state index < -0.39 is 20.8 Å². The third-order valence-electron chi connectivity index (χ3n) is 4.50. The normalized spacial score (nSPS) is 18.7. The Balaban J connectivity index is 1.76. The molecule has 25 heavy (non-hydrogen) atoms. The van der Waals surface area contributed by atoms with Crippen LogP contribution in [-0.2, 0) is 27.9 Å². The predicted molar refractivity (Wildman–Crippen MR) is 97.4 cm³/mol. The van der Waals surface area contributed by atoms with Gasteiger partial charge in [0.05, 0.1) is 5.69 Å². The Kier molecular flexibility index (Phi) is 5.24. The van der Waals surface area contributed by atoms with Gasteiger partial charge in [-0.15, -0.1) is 0 Å². The molecule has 1 aliphatic heterocycles. The number of sulfonamides is 1. The fourth-order valence-electron chi connectivity index (χ4n) is 3.03. The van der Waals surface area contributed by atoms with Gasteiger partial charge in [0.25, 0.3) is 0 Å². The highest BCUT2D eigenvalue weighted by Gasteiger charge is 2.29. The smallest absolute Gasteiger partial charge is 0.244 e. The van der Waals surface area contributed by atoms with Gasteiger partial charge in [0.15, 0.2) is 5.65 Å². The van der Waals surface area contributed by atoms with Gasteiger partial charge in [-0.3, -0.25) is 13.8 Å². The van der Waals surface area contributed by atoms with Gasteiger partial charge in [0.1, 0.15) is 4.90 Å². The summed E-state index contributed by atoms with van der Waals surface area (Å²) < 4.78 is 40.2. The molecule has 1 aliphatic rings. The summed E-state index contributed by atoms with van der Waals surface area (Å²) in [6, 6.07) is 1.66. The number of nitrogens with zero attached hydrogens (tertiary/aromatic N) is 5. The van der Waals surface area contributed by atoms with Crippen molar-refractivity contribution >= 4 is 31.9 Å². The van der Waals surface area contributed by atoms with E-state index in [0.29, 0.717) is 37.6 Å². The first-order valence-corrected chi connectivity index (χ1v) is 11.3. The molecule has 0 aliphatic carbocycles. The molecule has 3 heterocycles. The highest BCUT2D eigenvalue weighted by atomic mass is 32.2. The minimum atomic E-state index is -3.57. The molecule has 0 amide bonds. The molecule has 0 unspecified atom stereocenters. The van der Waals surface area contributed by atoms with Crippen molar-refractivity contribution in [1.82, 2.24) is 24.0 Å². The van der Waals surface area contributed by atoms with Gasteiger partial charge in [-0.25, -0.2) is 13.4 Å². The molecular weight excluding hydrogens is 362 g/mol. The third-order valence-corrected chi connectivity index (χ3v) is 7.12. The van der Waals surface area contributed by atoms with Crippen molar-refractivity contribution in [2.24, 2.45) is 7.05 Å². The van der Waals surface area contributed by atoms with E-state index in [4.69, 9.17) is 0 Å². The Morgan fingerprint density at radius 1 is 1.24 bits per heavy atom. The second kappa shape index (κ2) is 7.10. The standard InChI is InChI=1S/C15H23N5O3S2/c1-12-14-10-13(11-16-15(14)18(2)17-12)25(22,23)20-6-4-19(5-7-20)8-9-24(3)21/h10-11H,4-9H2,1-3H3/t24-/m0/s1. The van der Waals surface area contributed by atoms with Crippen LogP contribution in [0.5, 0.6) is 0 Å². The number of pyridine rings is 1. The summed E-state index contributed by atoms with van der Waals surface area (Å²) >= 11 is 0. The number of hydrogen-bond acceptors (Lipinski definition) is 6. The lowest BCUT2D eigenvalue weighted by atomic mass is 10.3. The molecule has 0 N–H and O–H groups in total. The summed E-state index contributed by atoms with van der Waals surface area (Å²) in [5.74, 6) is 0.619. The lowest BCUT2D eigenvalue weighted by molar-refractivity contribution is 0.197. The van der Waals surface area contributed by atoms with Crippen LogP contribution < -0.4 is 0 Å². The lowest BCUT2D eigenvalue weighted by Gasteiger charge is -2.33. The second-order valence-corrected chi connectivity index (χ2v) is 9.77. The van der Waals surface area contributed by atoms with Gasteiger partial charge in [-0.1, -0.05) is 0 Å². The lowest BCUT2D eigenvalue weighted by Crippen LogP contribution is -2.49. The van der Waals surface area contributed by atoms with Gasteiger partial charge in [-0.05, 0) is 13.0 Å². The number of aromatic nitrogens is 3. The number of aryl methyl sites for hydroxylation is 2. The largest absolute Gasteiger partial charge is 0.300 e. The van der Waals surface area contributed by atoms with Crippen LogP contribution in [0.3, 0.4) is 0 Å². The summed E-state index contributed by atoms with van der Waals surface area (Å²) in [4.78, 5) is 6.64. The second-order valence-electron chi connectivity index (χ2n) is 6.27. The Morgan fingerprint density at radius 3 is 2.56 bits per heavy atom. The Bertz CT molecular complexity index is 901. The predicted octanol–water partition coefficient (Wildman–Crippen LogP) is -0.0385. The topological polar surface area (TPSA) is 88.4 Å². The summed E-state index contributed by atoms with van der Waals surface area (Å²) in [5, 5.41) is 5.04. The van der Waals surface area contributed by atoms with Crippen molar-refractivity contribution in [2.45, 2.75) is 11.8 Å². The van der Waals surface area contributed by atoms with Crippen molar-refractivity contribution in [2.75, 3.05) is 44.7 Å². The molecule has 1 fully saturated rings. The quantitative estimate of drug-likeness (QED) is 0.718. The van der Waals surface area contributed by atoms with Crippen LogP contribution in [0.4, 0.5) is 0 Å². The number of rotatable bonds is 5. The maximum absolute atomic E-state index is 12.9. The van der Waals surface area contributed by atoms with E-state index in [2.05, 4.69) is 15.0 Å². The van der Waals surface area contributed by atoms with E-state index >= 15 is 0 Å². The molecule has 0 bridgehead atoms. The van der Waals surface area contributed by atoms with Crippen LogP contribution in [0, 0.1) is 6.92 Å². The first-order valence-electron chi connectivity index (χ1n) is 8.11. The van der Waals surface area contributed by atoms with E-state index in [1.807, 2.05) is 6.92 Å². The molecule has 10 heteroatoms. The van der Waals surface area contributed by atoms with E-state index in [1.54, 1.807) is 24.1 Å². The molecule has 0 spiro atoms. The zero-order valence-electron chi connectivity index (χ0n) is 14.7. The van der Waals surface area contributed by atoms with E-state index in [9.17, 15) is 12.6 Å². The zero-order chi connectivity index (χ0) is 18.2. The van der Waals surface area contributed by atoms with Crippen LogP contribution in [0.25, 0.3) is 11.0 Å². The highest BCUT2D eigenvalue weighted by Crippen LogP contribution is 2.22. The summed E-state index contributed by atoms with van der Waals surface area (Å²) in [5.41, 5.74) is 1.44. The molecular formula is C15H23N5O3S2. The van der Waals surface area contributed by atoms with E-state index in [0.717, 1.165) is 17.6 Å². The third kappa shape index (κ3) is 3.76. The number of fused-ring (bicyclic) bond motifs is 1. The Hall–Kier alpha value is -1.36. The molecule has 3 rings (SSSR count). The summed E-state index contributed by atoms with van der Waals surface area (Å²) in [6.45, 7) is 4.75. The molecule has 1 atom stereocenters. The average molecular weight is 386 g/mol. The van der Waals surface area contributed by atoms with Crippen molar-refractivity contribution in [1.29, 1.82) is 0 Å². The molecule has 0 saturated carbocycles. The fraction of sp³-hybridized carbons (Fsp3) is 0.600. The van der Waals surface area contributed by atoms with Gasteiger partial charge in [0, 0.05) is 74.2 Å². The van der Waals surface area contributed by atoms with Crippen LogP contribution >= 0.6 is 0 Å². The van der Waals surface area contributed by atoms with Crippen LogP contribution in [0.1, 0.15) is 5.69 Å². The highest BCUT2D eigenvalue weighted by molar-refractivity contribution is 7.89. The first kappa shape index (κ1) is 18.4. The summed E-state index contributed by atoms with van der Waals surface area (Å²) in [7, 11) is -2.60. The molecule has 2 aromatic rings. The first-order chi connectivity index (χ1) is 11.8. The number of piperazine rings is 1. The van der Waals surface area contributed by atoms with Crippen LogP contribution in [-0.4, -0.2) is 81.3 Å². The van der Waals surface area contributed by atoms with Crippen molar-refractivity contribution in [3.05, 3.63) is 18.0 Å². The van der Waals surface area contributed by atoms with Gasteiger partial charge in [0.2, 0.25) is 10.0 Å². The molecule has 2 aromatic heterocycles. The van der Waals surface area contributed by atoms with Gasteiger partial charge in [-0.2, -0.15) is 9.40 Å². The maximum Gasteiger partial charge on any atom is 0.244 e. The SMILES string of the molecule is Cc1nn(C)c2ncc(S(=O)(=O)N3CCN(CC[S@](C)=O)CC3)cc12. The summed E-state index contributed by atoms with van der Waals surface area (Å²) in [6.07, 6.45) is 3.09.